The van der Waals surface area contributed by atoms with Gasteiger partial charge in [-0.1, -0.05) is 54.1 Å². The Morgan fingerprint density at radius 1 is 1.09 bits per heavy atom. The van der Waals surface area contributed by atoms with Gasteiger partial charge in [-0.3, -0.25) is 4.79 Å². The summed E-state index contributed by atoms with van der Waals surface area (Å²) in [4.78, 5) is 11.8. The van der Waals surface area contributed by atoms with Crippen molar-refractivity contribution in [1.82, 2.24) is 5.32 Å². The molecule has 0 radical (unpaired) electrons. The Balaban J connectivity index is 2.14. The first-order chi connectivity index (χ1) is 10.9. The van der Waals surface area contributed by atoms with E-state index in [1.807, 2.05) is 0 Å². The lowest BCUT2D eigenvalue weighted by Gasteiger charge is -2.12. The minimum Gasteiger partial charge on any atom is -0.348 e. The van der Waals surface area contributed by atoms with Crippen LogP contribution in [0.4, 0.5) is 13.2 Å². The second-order valence-corrected chi connectivity index (χ2v) is 5.21. The Labute approximate surface area is 136 Å². The van der Waals surface area contributed by atoms with Crippen molar-refractivity contribution in [3.8, 4) is 0 Å². The van der Waals surface area contributed by atoms with Gasteiger partial charge >= 0.3 is 6.18 Å². The number of hydrogen-bond acceptors (Lipinski definition) is 1. The molecule has 0 aliphatic carbocycles. The Bertz CT molecular complexity index is 711. The van der Waals surface area contributed by atoms with Crippen LogP contribution in [0.2, 0.25) is 5.02 Å². The lowest BCUT2D eigenvalue weighted by Crippen LogP contribution is -2.22. The van der Waals surface area contributed by atoms with E-state index in [0.717, 1.165) is 0 Å². The Morgan fingerprint density at radius 3 is 2.39 bits per heavy atom. The second kappa shape index (κ2) is 7.33. The number of nitrogens with one attached hydrogen (secondary N) is 1. The van der Waals surface area contributed by atoms with E-state index in [2.05, 4.69) is 5.32 Å². The lowest BCUT2D eigenvalue weighted by molar-refractivity contribution is -0.117. The van der Waals surface area contributed by atoms with Gasteiger partial charge in [-0.25, -0.2) is 0 Å². The highest BCUT2D eigenvalue weighted by Crippen LogP contribution is 2.33. The third-order valence-electron chi connectivity index (χ3n) is 3.02. The number of allylic oxidation sites excluding steroid dienone is 1. The molecule has 0 unspecified atom stereocenters. The molecule has 23 heavy (non-hydrogen) atoms. The van der Waals surface area contributed by atoms with Gasteiger partial charge in [0.1, 0.15) is 0 Å². The van der Waals surface area contributed by atoms with Crippen LogP contribution in [0.15, 0.2) is 60.7 Å². The molecule has 0 bridgehead atoms. The summed E-state index contributed by atoms with van der Waals surface area (Å²) < 4.78 is 39.3. The first-order valence-corrected chi connectivity index (χ1v) is 7.10. The monoisotopic (exact) mass is 339 g/mol. The van der Waals surface area contributed by atoms with E-state index in [1.165, 1.54) is 24.3 Å². The van der Waals surface area contributed by atoms with E-state index >= 15 is 0 Å². The number of alkyl halides is 3. The van der Waals surface area contributed by atoms with Crippen LogP contribution in [0.1, 0.15) is 11.1 Å². The zero-order valence-electron chi connectivity index (χ0n) is 11.9. The largest absolute Gasteiger partial charge is 0.417 e. The summed E-state index contributed by atoms with van der Waals surface area (Å²) in [5.74, 6) is -0.818. The molecule has 0 aliphatic heterocycles. The third kappa shape index (κ3) is 5.14. The molecule has 0 saturated heterocycles. The fourth-order valence-corrected chi connectivity index (χ4v) is 2.18. The molecule has 0 heterocycles. The molecule has 2 rings (SSSR count). The summed E-state index contributed by atoms with van der Waals surface area (Å²) in [7, 11) is 0. The molecule has 1 N–H and O–H groups in total. The van der Waals surface area contributed by atoms with E-state index in [1.54, 1.807) is 30.3 Å². The van der Waals surface area contributed by atoms with Crippen molar-refractivity contribution in [1.29, 1.82) is 0 Å². The van der Waals surface area contributed by atoms with E-state index in [9.17, 15) is 18.0 Å². The van der Waals surface area contributed by atoms with Crippen LogP contribution >= 0.6 is 11.6 Å². The fraction of sp³-hybridized carbons (Fsp3) is 0.118. The van der Waals surface area contributed by atoms with Crippen molar-refractivity contribution in [2.24, 2.45) is 0 Å². The van der Waals surface area contributed by atoms with Gasteiger partial charge in [0, 0.05) is 17.6 Å². The molecule has 2 aromatic carbocycles. The number of hydrogen-bond donors (Lipinski definition) is 1. The van der Waals surface area contributed by atoms with Gasteiger partial charge in [0.25, 0.3) is 0 Å². The molecule has 2 nitrogen and oxygen atoms in total. The second-order valence-electron chi connectivity index (χ2n) is 4.77. The number of rotatable bonds is 4. The number of halogens is 4. The minimum atomic E-state index is -4.62. The summed E-state index contributed by atoms with van der Waals surface area (Å²) in [5, 5.41) is 2.92. The summed E-state index contributed by atoms with van der Waals surface area (Å²) in [5.41, 5.74) is -0.341. The molecule has 0 saturated carbocycles. The quantitative estimate of drug-likeness (QED) is 0.810. The van der Waals surface area contributed by atoms with Crippen LogP contribution < -0.4 is 5.32 Å². The summed E-state index contributed by atoms with van der Waals surface area (Å²) >= 11 is 5.81. The van der Waals surface area contributed by atoms with E-state index < -0.39 is 17.7 Å². The summed E-state index contributed by atoms with van der Waals surface area (Å²) in [6.07, 6.45) is -4.05. The smallest absolute Gasteiger partial charge is 0.348 e. The van der Waals surface area contributed by atoms with Crippen molar-refractivity contribution in [3.63, 3.8) is 0 Å². The first-order valence-electron chi connectivity index (χ1n) is 6.73. The maximum Gasteiger partial charge on any atom is 0.417 e. The lowest BCUT2D eigenvalue weighted by atomic mass is 10.1. The number of amides is 1. The molecular formula is C17H13ClF3NO. The maximum atomic E-state index is 13.1. The van der Waals surface area contributed by atoms with E-state index in [-0.39, 0.29) is 12.1 Å². The van der Waals surface area contributed by atoms with Crippen LogP contribution in [-0.2, 0) is 11.3 Å². The number of carbonyl (C=O) groups is 1. The van der Waals surface area contributed by atoms with Gasteiger partial charge in [-0.2, -0.15) is 13.2 Å². The van der Waals surface area contributed by atoms with Crippen molar-refractivity contribution in [2.45, 2.75) is 12.7 Å². The van der Waals surface area contributed by atoms with Gasteiger partial charge in [0.05, 0.1) is 5.57 Å². The Kier molecular flexibility index (Phi) is 5.45. The van der Waals surface area contributed by atoms with Crippen molar-refractivity contribution in [3.05, 3.63) is 76.8 Å². The topological polar surface area (TPSA) is 29.1 Å². The molecule has 0 aliphatic rings. The van der Waals surface area contributed by atoms with Gasteiger partial charge in [0.2, 0.25) is 5.91 Å². The van der Waals surface area contributed by atoms with Crippen molar-refractivity contribution in [2.75, 3.05) is 0 Å². The molecule has 0 aromatic heterocycles. The van der Waals surface area contributed by atoms with Gasteiger partial charge < -0.3 is 5.32 Å². The van der Waals surface area contributed by atoms with Crippen LogP contribution in [0.25, 0.3) is 5.57 Å². The zero-order chi connectivity index (χ0) is 16.9. The molecule has 0 atom stereocenters. The summed E-state index contributed by atoms with van der Waals surface area (Å²) in [6, 6.07) is 13.9. The Morgan fingerprint density at radius 2 is 1.78 bits per heavy atom. The highest BCUT2D eigenvalue weighted by molar-refractivity contribution is 6.30. The molecule has 120 valence electrons. The van der Waals surface area contributed by atoms with Crippen LogP contribution in [0.5, 0.6) is 0 Å². The van der Waals surface area contributed by atoms with E-state index in [0.29, 0.717) is 16.7 Å². The number of benzene rings is 2. The average molecular weight is 340 g/mol. The molecular weight excluding hydrogens is 327 g/mol. The molecule has 0 spiro atoms. The molecule has 2 aromatic rings. The summed E-state index contributed by atoms with van der Waals surface area (Å²) in [6.45, 7) is 0.0931. The van der Waals surface area contributed by atoms with Gasteiger partial charge in [0.15, 0.2) is 0 Å². The normalized spacial score (nSPS) is 12.1. The first kappa shape index (κ1) is 17.1. The minimum absolute atomic E-state index is 0.0575. The maximum absolute atomic E-state index is 13.1. The van der Waals surface area contributed by atoms with Gasteiger partial charge in [-0.15, -0.1) is 0 Å². The standard InChI is InChI=1S/C17H13ClF3NO/c18-14-8-4-5-12(9-14)11-22-16(23)10-15(17(19,20)21)13-6-2-1-3-7-13/h1-10H,11H2,(H,22,23)/b15-10+. The molecule has 0 fully saturated rings. The van der Waals surface area contributed by atoms with Crippen LogP contribution in [0.3, 0.4) is 0 Å². The number of carbonyl (C=O) groups excluding carboxylic acids is 1. The average Bonchev–Trinajstić information content (AvgIpc) is 2.50. The molecule has 6 heteroatoms. The Hall–Kier alpha value is -2.27. The predicted molar refractivity (Wildman–Crippen MR) is 83.8 cm³/mol. The fourth-order valence-electron chi connectivity index (χ4n) is 1.96. The van der Waals surface area contributed by atoms with Crippen LogP contribution in [0, 0.1) is 0 Å². The molecule has 1 amide bonds. The van der Waals surface area contributed by atoms with E-state index in [4.69, 9.17) is 11.6 Å². The van der Waals surface area contributed by atoms with Crippen molar-refractivity contribution >= 4 is 23.1 Å². The SMILES string of the molecule is O=C(/C=C(\c1ccccc1)C(F)(F)F)NCc1cccc(Cl)c1. The van der Waals surface area contributed by atoms with Crippen LogP contribution in [-0.4, -0.2) is 12.1 Å². The zero-order valence-corrected chi connectivity index (χ0v) is 12.7. The van der Waals surface area contributed by atoms with Gasteiger partial charge in [-0.05, 0) is 23.3 Å². The third-order valence-corrected chi connectivity index (χ3v) is 3.26. The highest BCUT2D eigenvalue weighted by atomic mass is 35.5. The highest BCUT2D eigenvalue weighted by Gasteiger charge is 2.35. The van der Waals surface area contributed by atoms with Crippen molar-refractivity contribution < 1.29 is 18.0 Å². The predicted octanol–water partition coefficient (Wildman–Crippen LogP) is 4.60.